The molecule has 3 rings (SSSR count). The van der Waals surface area contributed by atoms with Crippen molar-refractivity contribution in [2.24, 2.45) is 5.73 Å². The van der Waals surface area contributed by atoms with Crippen LogP contribution >= 0.6 is 23.7 Å². The number of thiazole rings is 1. The second-order valence-corrected chi connectivity index (χ2v) is 7.76. The third kappa shape index (κ3) is 4.25. The number of aryl methyl sites for hydroxylation is 2. The first kappa shape index (κ1) is 18.7. The molecule has 1 aromatic heterocycles. The van der Waals surface area contributed by atoms with Gasteiger partial charge in [-0.15, -0.1) is 23.7 Å². The van der Waals surface area contributed by atoms with E-state index in [0.29, 0.717) is 5.92 Å². The summed E-state index contributed by atoms with van der Waals surface area (Å²) in [4.78, 5) is 20.8. The second-order valence-electron chi connectivity index (χ2n) is 6.65. The fourth-order valence-electron chi connectivity index (χ4n) is 3.59. The first-order chi connectivity index (χ1) is 10.7. The van der Waals surface area contributed by atoms with Crippen molar-refractivity contribution in [2.45, 2.75) is 70.3 Å². The number of rotatable bonds is 4. The predicted octanol–water partition coefficient (Wildman–Crippen LogP) is 3.28. The lowest BCUT2D eigenvalue weighted by Crippen LogP contribution is -2.47. The average Bonchev–Trinajstić information content (AvgIpc) is 2.98. The van der Waals surface area contributed by atoms with Crippen molar-refractivity contribution < 1.29 is 4.79 Å². The predicted molar refractivity (Wildman–Crippen MR) is 97.4 cm³/mol. The summed E-state index contributed by atoms with van der Waals surface area (Å²) < 4.78 is 0. The first-order valence-electron chi connectivity index (χ1n) is 8.72. The lowest BCUT2D eigenvalue weighted by molar-refractivity contribution is -0.134. The Morgan fingerprint density at radius 1 is 1.39 bits per heavy atom. The molecule has 1 aromatic rings. The maximum atomic E-state index is 12.4. The first-order valence-corrected chi connectivity index (χ1v) is 9.53. The zero-order valence-electron chi connectivity index (χ0n) is 13.9. The van der Waals surface area contributed by atoms with Crippen LogP contribution in [0, 0.1) is 0 Å². The molecule has 0 aromatic carbocycles. The molecule has 1 fully saturated rings. The summed E-state index contributed by atoms with van der Waals surface area (Å²) in [6, 6.07) is -0.326. The highest BCUT2D eigenvalue weighted by Gasteiger charge is 2.30. The SMILES string of the molecule is CCCC(N)C(=O)N1CCCC(c2nc3c(s2)CCCC3)C1.Cl. The number of fused-ring (bicyclic) bond motifs is 1. The van der Waals surface area contributed by atoms with Crippen molar-refractivity contribution in [1.29, 1.82) is 0 Å². The molecule has 0 spiro atoms. The molecule has 2 heterocycles. The minimum Gasteiger partial charge on any atom is -0.341 e. The van der Waals surface area contributed by atoms with Crippen LogP contribution in [0.2, 0.25) is 0 Å². The lowest BCUT2D eigenvalue weighted by Gasteiger charge is -2.33. The number of carbonyl (C=O) groups excluding carboxylic acids is 1. The molecule has 2 unspecified atom stereocenters. The molecule has 0 saturated carbocycles. The fraction of sp³-hybridized carbons (Fsp3) is 0.765. The van der Waals surface area contributed by atoms with Crippen molar-refractivity contribution in [3.05, 3.63) is 15.6 Å². The topological polar surface area (TPSA) is 59.2 Å². The Hall–Kier alpha value is -0.650. The zero-order chi connectivity index (χ0) is 15.5. The van der Waals surface area contributed by atoms with Gasteiger partial charge in [0.05, 0.1) is 16.7 Å². The Bertz CT molecular complexity index is 510. The number of nitrogens with zero attached hydrogens (tertiary/aromatic N) is 2. The number of likely N-dealkylation sites (tertiary alicyclic amines) is 1. The van der Waals surface area contributed by atoms with E-state index in [1.54, 1.807) is 0 Å². The van der Waals surface area contributed by atoms with Gasteiger partial charge in [0.1, 0.15) is 0 Å². The highest BCUT2D eigenvalue weighted by atomic mass is 35.5. The minimum atomic E-state index is -0.326. The van der Waals surface area contributed by atoms with E-state index < -0.39 is 0 Å². The van der Waals surface area contributed by atoms with E-state index in [1.165, 1.54) is 34.8 Å². The summed E-state index contributed by atoms with van der Waals surface area (Å²) in [7, 11) is 0. The molecule has 2 aliphatic rings. The van der Waals surface area contributed by atoms with Gasteiger partial charge in [0.2, 0.25) is 5.91 Å². The average molecular weight is 358 g/mol. The smallest absolute Gasteiger partial charge is 0.239 e. The number of nitrogens with two attached hydrogens (primary N) is 1. The van der Waals surface area contributed by atoms with Crippen molar-refractivity contribution in [2.75, 3.05) is 13.1 Å². The monoisotopic (exact) mass is 357 g/mol. The summed E-state index contributed by atoms with van der Waals surface area (Å²) in [5.74, 6) is 0.551. The number of carbonyl (C=O) groups is 1. The Balaban J connectivity index is 0.00000192. The van der Waals surface area contributed by atoms with Crippen molar-refractivity contribution >= 4 is 29.7 Å². The summed E-state index contributed by atoms with van der Waals surface area (Å²) in [6.45, 7) is 3.74. The van der Waals surface area contributed by atoms with E-state index in [2.05, 4.69) is 6.92 Å². The van der Waals surface area contributed by atoms with Crippen LogP contribution in [0.1, 0.15) is 66.9 Å². The number of hydrogen-bond acceptors (Lipinski definition) is 4. The maximum absolute atomic E-state index is 12.4. The molecule has 4 nitrogen and oxygen atoms in total. The van der Waals surface area contributed by atoms with Crippen LogP contribution in [0.4, 0.5) is 0 Å². The molecule has 1 saturated heterocycles. The van der Waals surface area contributed by atoms with E-state index in [4.69, 9.17) is 10.7 Å². The normalized spacial score (nSPS) is 22.2. The van der Waals surface area contributed by atoms with Crippen molar-refractivity contribution in [1.82, 2.24) is 9.88 Å². The summed E-state index contributed by atoms with van der Waals surface area (Å²) >= 11 is 1.89. The molecule has 23 heavy (non-hydrogen) atoms. The Kier molecular flexibility index (Phi) is 6.86. The van der Waals surface area contributed by atoms with Crippen LogP contribution in [-0.2, 0) is 17.6 Å². The Morgan fingerprint density at radius 3 is 2.91 bits per heavy atom. The van der Waals surface area contributed by atoms with Crippen molar-refractivity contribution in [3.8, 4) is 0 Å². The number of aromatic nitrogens is 1. The van der Waals surface area contributed by atoms with Gasteiger partial charge in [-0.1, -0.05) is 13.3 Å². The summed E-state index contributed by atoms with van der Waals surface area (Å²) in [6.07, 6.45) is 8.88. The van der Waals surface area contributed by atoms with Gasteiger partial charge in [0.25, 0.3) is 0 Å². The molecular weight excluding hydrogens is 330 g/mol. The number of piperidine rings is 1. The molecule has 1 aliphatic carbocycles. The van der Waals surface area contributed by atoms with Gasteiger partial charge in [0, 0.05) is 23.9 Å². The van der Waals surface area contributed by atoms with E-state index in [9.17, 15) is 4.79 Å². The molecule has 6 heteroatoms. The highest BCUT2D eigenvalue weighted by Crippen LogP contribution is 2.34. The van der Waals surface area contributed by atoms with Gasteiger partial charge in [-0.05, 0) is 44.9 Å². The van der Waals surface area contributed by atoms with Crippen LogP contribution in [0.3, 0.4) is 0 Å². The van der Waals surface area contributed by atoms with Crippen LogP contribution in [0.15, 0.2) is 0 Å². The number of halogens is 1. The molecule has 0 bridgehead atoms. The highest BCUT2D eigenvalue weighted by molar-refractivity contribution is 7.11. The van der Waals surface area contributed by atoms with E-state index >= 15 is 0 Å². The fourth-order valence-corrected chi connectivity index (χ4v) is 4.87. The molecule has 130 valence electrons. The van der Waals surface area contributed by atoms with Gasteiger partial charge in [-0.25, -0.2) is 4.98 Å². The van der Waals surface area contributed by atoms with Crippen LogP contribution in [-0.4, -0.2) is 34.9 Å². The molecule has 1 amide bonds. The van der Waals surface area contributed by atoms with Crippen molar-refractivity contribution in [3.63, 3.8) is 0 Å². The Morgan fingerprint density at radius 2 is 2.17 bits per heavy atom. The van der Waals surface area contributed by atoms with Crippen LogP contribution in [0.5, 0.6) is 0 Å². The Labute approximate surface area is 149 Å². The number of hydrogen-bond donors (Lipinski definition) is 1. The van der Waals surface area contributed by atoms with Gasteiger partial charge in [-0.3, -0.25) is 4.79 Å². The minimum absolute atomic E-state index is 0. The molecule has 2 atom stereocenters. The molecule has 2 N–H and O–H groups in total. The zero-order valence-corrected chi connectivity index (χ0v) is 15.6. The third-order valence-corrected chi connectivity index (χ3v) is 6.18. The van der Waals surface area contributed by atoms with Crippen LogP contribution in [0.25, 0.3) is 0 Å². The van der Waals surface area contributed by atoms with Gasteiger partial charge >= 0.3 is 0 Å². The maximum Gasteiger partial charge on any atom is 0.239 e. The van der Waals surface area contributed by atoms with Gasteiger partial charge in [0.15, 0.2) is 0 Å². The van der Waals surface area contributed by atoms with E-state index in [-0.39, 0.29) is 24.4 Å². The largest absolute Gasteiger partial charge is 0.341 e. The summed E-state index contributed by atoms with van der Waals surface area (Å²) in [5, 5.41) is 1.26. The van der Waals surface area contributed by atoms with E-state index in [0.717, 1.165) is 45.2 Å². The van der Waals surface area contributed by atoms with Crippen LogP contribution < -0.4 is 5.73 Å². The van der Waals surface area contributed by atoms with E-state index in [1.807, 2.05) is 16.2 Å². The molecule has 1 aliphatic heterocycles. The quantitative estimate of drug-likeness (QED) is 0.899. The second kappa shape index (κ2) is 8.45. The van der Waals surface area contributed by atoms with Gasteiger partial charge < -0.3 is 10.6 Å². The molecule has 0 radical (unpaired) electrons. The lowest BCUT2D eigenvalue weighted by atomic mass is 9.97. The number of amides is 1. The molecular formula is C17H28ClN3OS. The standard InChI is InChI=1S/C17H27N3OS.ClH/c1-2-6-13(18)17(21)20-10-5-7-12(11-20)16-19-14-8-3-4-9-15(14)22-16;/h12-13H,2-11,18H2,1H3;1H. The van der Waals surface area contributed by atoms with Gasteiger partial charge in [-0.2, -0.15) is 0 Å². The third-order valence-electron chi connectivity index (χ3n) is 4.86. The summed E-state index contributed by atoms with van der Waals surface area (Å²) in [5.41, 5.74) is 7.35.